The summed E-state index contributed by atoms with van der Waals surface area (Å²) >= 11 is 0. The molecule has 0 saturated carbocycles. The van der Waals surface area contributed by atoms with Crippen molar-refractivity contribution in [3.63, 3.8) is 0 Å². The van der Waals surface area contributed by atoms with Gasteiger partial charge in [-0.05, 0) is 32.1 Å². The maximum Gasteiger partial charge on any atom is 0.216 e. The summed E-state index contributed by atoms with van der Waals surface area (Å²) in [5, 5.41) is 0. The third-order valence-electron chi connectivity index (χ3n) is 3.57. The van der Waals surface area contributed by atoms with Gasteiger partial charge in [0.15, 0.2) is 0 Å². The highest BCUT2D eigenvalue weighted by Crippen LogP contribution is 2.18. The van der Waals surface area contributed by atoms with Crippen LogP contribution in [0.15, 0.2) is 0 Å². The molecule has 1 saturated heterocycles. The molecule has 4 nitrogen and oxygen atoms in total. The first-order valence-electron chi connectivity index (χ1n) is 6.58. The maximum absolute atomic E-state index is 12.2. The first kappa shape index (κ1) is 14.9. The predicted molar refractivity (Wildman–Crippen MR) is 69.5 cm³/mol. The second kappa shape index (κ2) is 6.71. The second-order valence-corrected chi connectivity index (χ2v) is 6.83. The third-order valence-corrected chi connectivity index (χ3v) is 5.53. The van der Waals surface area contributed by atoms with Crippen molar-refractivity contribution in [3.05, 3.63) is 0 Å². The van der Waals surface area contributed by atoms with Crippen LogP contribution in [0.25, 0.3) is 0 Å². The molecule has 1 heterocycles. The molecule has 5 heteroatoms. The van der Waals surface area contributed by atoms with E-state index in [1.165, 1.54) is 4.31 Å². The first-order chi connectivity index (χ1) is 8.01. The lowest BCUT2D eigenvalue weighted by Gasteiger charge is -2.29. The second-order valence-electron chi connectivity index (χ2n) is 4.75. The molecule has 1 rings (SSSR count). The average Bonchev–Trinajstić information content (AvgIpc) is 2.31. The standard InChI is InChI=1S/C12H25NO3S/c1-4-11(5-2)13(3)17(14,15)10-12-8-6-7-9-16-12/h11-12H,4-10H2,1-3H3. The Morgan fingerprint density at radius 1 is 1.29 bits per heavy atom. The molecule has 0 aromatic heterocycles. The molecular weight excluding hydrogens is 238 g/mol. The SMILES string of the molecule is CCC(CC)N(C)S(=O)(=O)CC1CCCCO1. The Morgan fingerprint density at radius 3 is 2.41 bits per heavy atom. The van der Waals surface area contributed by atoms with Crippen molar-refractivity contribution in [2.24, 2.45) is 0 Å². The molecule has 0 aromatic carbocycles. The molecule has 1 atom stereocenters. The van der Waals surface area contributed by atoms with E-state index in [9.17, 15) is 8.42 Å². The van der Waals surface area contributed by atoms with Crippen molar-refractivity contribution in [1.82, 2.24) is 4.31 Å². The normalized spacial score (nSPS) is 22.3. The van der Waals surface area contributed by atoms with Crippen LogP contribution in [0.3, 0.4) is 0 Å². The van der Waals surface area contributed by atoms with Gasteiger partial charge in [0.25, 0.3) is 0 Å². The van der Waals surface area contributed by atoms with E-state index >= 15 is 0 Å². The van der Waals surface area contributed by atoms with E-state index < -0.39 is 10.0 Å². The average molecular weight is 263 g/mol. The van der Waals surface area contributed by atoms with Crippen molar-refractivity contribution < 1.29 is 13.2 Å². The Hall–Kier alpha value is -0.130. The molecule has 1 fully saturated rings. The fraction of sp³-hybridized carbons (Fsp3) is 1.00. The van der Waals surface area contributed by atoms with E-state index in [0.717, 1.165) is 32.1 Å². The van der Waals surface area contributed by atoms with Crippen LogP contribution >= 0.6 is 0 Å². The highest BCUT2D eigenvalue weighted by atomic mass is 32.2. The molecular formula is C12H25NO3S. The van der Waals surface area contributed by atoms with Crippen LogP contribution in [-0.4, -0.2) is 44.3 Å². The minimum atomic E-state index is -3.18. The van der Waals surface area contributed by atoms with Crippen LogP contribution < -0.4 is 0 Å². The van der Waals surface area contributed by atoms with Gasteiger partial charge in [-0.2, -0.15) is 0 Å². The van der Waals surface area contributed by atoms with Crippen molar-refractivity contribution in [2.45, 2.75) is 58.1 Å². The number of hydrogen-bond donors (Lipinski definition) is 0. The molecule has 1 aliphatic rings. The Kier molecular flexibility index (Phi) is 5.89. The minimum absolute atomic E-state index is 0.106. The topological polar surface area (TPSA) is 46.6 Å². The molecule has 0 bridgehead atoms. The Morgan fingerprint density at radius 2 is 1.94 bits per heavy atom. The highest BCUT2D eigenvalue weighted by molar-refractivity contribution is 7.89. The van der Waals surface area contributed by atoms with Gasteiger partial charge in [0.2, 0.25) is 10.0 Å². The van der Waals surface area contributed by atoms with E-state index in [1.807, 2.05) is 13.8 Å². The third kappa shape index (κ3) is 4.23. The molecule has 0 aliphatic carbocycles. The zero-order valence-electron chi connectivity index (χ0n) is 11.2. The first-order valence-corrected chi connectivity index (χ1v) is 8.19. The van der Waals surface area contributed by atoms with Crippen LogP contribution in [0.2, 0.25) is 0 Å². The van der Waals surface area contributed by atoms with Gasteiger partial charge < -0.3 is 4.74 Å². The monoisotopic (exact) mass is 263 g/mol. The lowest BCUT2D eigenvalue weighted by atomic mass is 10.1. The number of hydrogen-bond acceptors (Lipinski definition) is 3. The Bertz CT molecular complexity index is 306. The number of ether oxygens (including phenoxy) is 1. The van der Waals surface area contributed by atoms with E-state index in [2.05, 4.69) is 0 Å². The maximum atomic E-state index is 12.2. The quantitative estimate of drug-likeness (QED) is 0.736. The Labute approximate surface area is 105 Å². The summed E-state index contributed by atoms with van der Waals surface area (Å²) < 4.78 is 31.4. The summed E-state index contributed by atoms with van der Waals surface area (Å²) in [6.45, 7) is 4.75. The van der Waals surface area contributed by atoms with Crippen LogP contribution in [-0.2, 0) is 14.8 Å². The summed E-state index contributed by atoms with van der Waals surface area (Å²) in [5.41, 5.74) is 0. The molecule has 0 aromatic rings. The largest absolute Gasteiger partial charge is 0.377 e. The molecule has 0 amide bonds. The summed E-state index contributed by atoms with van der Waals surface area (Å²) in [4.78, 5) is 0. The lowest BCUT2D eigenvalue weighted by Crippen LogP contribution is -2.41. The van der Waals surface area contributed by atoms with E-state index in [4.69, 9.17) is 4.74 Å². The number of rotatable bonds is 6. The summed E-state index contributed by atoms with van der Waals surface area (Å²) in [6.07, 6.45) is 4.62. The number of nitrogens with zero attached hydrogens (tertiary/aromatic N) is 1. The fourth-order valence-electron chi connectivity index (χ4n) is 2.32. The van der Waals surface area contributed by atoms with Gasteiger partial charge in [-0.15, -0.1) is 0 Å². The molecule has 1 unspecified atom stereocenters. The lowest BCUT2D eigenvalue weighted by molar-refractivity contribution is 0.0298. The highest BCUT2D eigenvalue weighted by Gasteiger charge is 2.28. The van der Waals surface area contributed by atoms with Gasteiger partial charge in [-0.1, -0.05) is 13.8 Å². The number of sulfonamides is 1. The zero-order valence-corrected chi connectivity index (χ0v) is 12.0. The van der Waals surface area contributed by atoms with Crippen LogP contribution in [0.5, 0.6) is 0 Å². The molecule has 0 N–H and O–H groups in total. The Balaban J connectivity index is 2.59. The van der Waals surface area contributed by atoms with Gasteiger partial charge >= 0.3 is 0 Å². The summed E-state index contributed by atoms with van der Waals surface area (Å²) in [7, 11) is -1.48. The van der Waals surface area contributed by atoms with Crippen molar-refractivity contribution >= 4 is 10.0 Å². The van der Waals surface area contributed by atoms with Crippen molar-refractivity contribution in [1.29, 1.82) is 0 Å². The van der Waals surface area contributed by atoms with E-state index in [1.54, 1.807) is 7.05 Å². The molecule has 0 radical (unpaired) electrons. The predicted octanol–water partition coefficient (Wildman–Crippen LogP) is 2.01. The molecule has 0 spiro atoms. The summed E-state index contributed by atoms with van der Waals surface area (Å²) in [6, 6.07) is 0.114. The molecule has 1 aliphatic heterocycles. The molecule has 102 valence electrons. The van der Waals surface area contributed by atoms with Gasteiger partial charge in [0, 0.05) is 19.7 Å². The minimum Gasteiger partial charge on any atom is -0.377 e. The summed E-state index contributed by atoms with van der Waals surface area (Å²) in [5.74, 6) is 0.139. The van der Waals surface area contributed by atoms with Crippen molar-refractivity contribution in [2.75, 3.05) is 19.4 Å². The van der Waals surface area contributed by atoms with Gasteiger partial charge in [0.05, 0.1) is 11.9 Å². The van der Waals surface area contributed by atoms with E-state index in [0.29, 0.717) is 6.61 Å². The zero-order chi connectivity index (χ0) is 12.9. The van der Waals surface area contributed by atoms with Crippen molar-refractivity contribution in [3.8, 4) is 0 Å². The van der Waals surface area contributed by atoms with Crippen LogP contribution in [0.1, 0.15) is 46.0 Å². The van der Waals surface area contributed by atoms with Gasteiger partial charge in [0.1, 0.15) is 0 Å². The molecule has 17 heavy (non-hydrogen) atoms. The smallest absolute Gasteiger partial charge is 0.216 e. The van der Waals surface area contributed by atoms with Crippen LogP contribution in [0, 0.1) is 0 Å². The van der Waals surface area contributed by atoms with E-state index in [-0.39, 0.29) is 17.9 Å². The fourth-order valence-corrected chi connectivity index (χ4v) is 4.04. The van der Waals surface area contributed by atoms with Gasteiger partial charge in [-0.3, -0.25) is 0 Å². The van der Waals surface area contributed by atoms with Gasteiger partial charge in [-0.25, -0.2) is 12.7 Å². The van der Waals surface area contributed by atoms with Crippen LogP contribution in [0.4, 0.5) is 0 Å².